The van der Waals surface area contributed by atoms with Crippen molar-refractivity contribution in [1.29, 1.82) is 0 Å². The molecule has 0 fully saturated rings. The van der Waals surface area contributed by atoms with Gasteiger partial charge in [-0.1, -0.05) is 6.08 Å². The molecular formula is C9H13NO3. The summed E-state index contributed by atoms with van der Waals surface area (Å²) in [6.07, 6.45) is 0.0276. The summed E-state index contributed by atoms with van der Waals surface area (Å²) in [6.45, 7) is 6.86. The first kappa shape index (κ1) is 9.92. The Morgan fingerprint density at radius 2 is 2.54 bits per heavy atom. The van der Waals surface area contributed by atoms with Crippen LogP contribution in [-0.4, -0.2) is 35.0 Å². The summed E-state index contributed by atoms with van der Waals surface area (Å²) in [5.74, 6) is 0.103. The Morgan fingerprint density at radius 1 is 1.92 bits per heavy atom. The lowest BCUT2D eigenvalue weighted by Crippen LogP contribution is -2.41. The number of ether oxygens (including phenoxy) is 1. The number of hydrogen-bond donors (Lipinski definition) is 1. The molecule has 0 aliphatic carbocycles. The van der Waals surface area contributed by atoms with Crippen molar-refractivity contribution in [1.82, 2.24) is 0 Å². The third kappa shape index (κ3) is 1.78. The maximum Gasteiger partial charge on any atom is 0.195 e. The second kappa shape index (κ2) is 3.30. The molecule has 13 heavy (non-hydrogen) atoms. The monoisotopic (exact) mass is 183 g/mol. The lowest BCUT2D eigenvalue weighted by molar-refractivity contribution is -0.130. The SMILES string of the molecule is C=CC(O)C(=O)C1(C)COC(C)=N1. The van der Waals surface area contributed by atoms with Crippen LogP contribution in [0.3, 0.4) is 0 Å². The Hall–Kier alpha value is -1.16. The van der Waals surface area contributed by atoms with E-state index in [0.717, 1.165) is 0 Å². The summed E-state index contributed by atoms with van der Waals surface area (Å²) in [5, 5.41) is 9.25. The molecule has 1 heterocycles. The quantitative estimate of drug-likeness (QED) is 0.640. The van der Waals surface area contributed by atoms with E-state index in [1.54, 1.807) is 13.8 Å². The number of aliphatic hydroxyl groups excluding tert-OH is 1. The fourth-order valence-electron chi connectivity index (χ4n) is 1.21. The maximum atomic E-state index is 11.5. The van der Waals surface area contributed by atoms with Crippen LogP contribution in [0.4, 0.5) is 0 Å². The van der Waals surface area contributed by atoms with Crippen molar-refractivity contribution >= 4 is 11.7 Å². The molecule has 0 saturated carbocycles. The van der Waals surface area contributed by atoms with E-state index in [0.29, 0.717) is 5.90 Å². The summed E-state index contributed by atoms with van der Waals surface area (Å²) < 4.78 is 5.07. The minimum absolute atomic E-state index is 0.197. The molecule has 1 N–H and O–H groups in total. The van der Waals surface area contributed by atoms with Crippen molar-refractivity contribution < 1.29 is 14.6 Å². The zero-order valence-corrected chi connectivity index (χ0v) is 7.78. The van der Waals surface area contributed by atoms with Gasteiger partial charge in [0.1, 0.15) is 12.7 Å². The summed E-state index contributed by atoms with van der Waals surface area (Å²) in [6, 6.07) is 0. The molecule has 0 aromatic rings. The molecule has 2 atom stereocenters. The van der Waals surface area contributed by atoms with Gasteiger partial charge >= 0.3 is 0 Å². The number of carbonyl (C=O) groups is 1. The number of rotatable bonds is 3. The van der Waals surface area contributed by atoms with Crippen LogP contribution >= 0.6 is 0 Å². The van der Waals surface area contributed by atoms with Crippen LogP contribution in [0.25, 0.3) is 0 Å². The summed E-state index contributed by atoms with van der Waals surface area (Å²) >= 11 is 0. The van der Waals surface area contributed by atoms with Gasteiger partial charge in [0.05, 0.1) is 0 Å². The van der Waals surface area contributed by atoms with Crippen LogP contribution in [0.2, 0.25) is 0 Å². The van der Waals surface area contributed by atoms with Gasteiger partial charge in [-0.15, -0.1) is 6.58 Å². The van der Waals surface area contributed by atoms with Gasteiger partial charge in [-0.2, -0.15) is 0 Å². The molecule has 4 nitrogen and oxygen atoms in total. The fourth-order valence-corrected chi connectivity index (χ4v) is 1.21. The molecule has 0 aromatic carbocycles. The number of Topliss-reactive ketones (excluding diaryl/α,β-unsaturated/α-hetero) is 1. The smallest absolute Gasteiger partial charge is 0.195 e. The predicted molar refractivity (Wildman–Crippen MR) is 48.7 cm³/mol. The highest BCUT2D eigenvalue weighted by Crippen LogP contribution is 2.21. The minimum atomic E-state index is -1.16. The molecule has 0 saturated heterocycles. The van der Waals surface area contributed by atoms with Gasteiger partial charge in [0.15, 0.2) is 17.2 Å². The molecule has 0 bridgehead atoms. The largest absolute Gasteiger partial charge is 0.478 e. The van der Waals surface area contributed by atoms with E-state index >= 15 is 0 Å². The van der Waals surface area contributed by atoms with E-state index in [9.17, 15) is 9.90 Å². The molecule has 0 amide bonds. The Balaban J connectivity index is 2.82. The molecule has 0 radical (unpaired) electrons. The van der Waals surface area contributed by atoms with E-state index in [4.69, 9.17) is 4.74 Å². The van der Waals surface area contributed by atoms with Crippen LogP contribution in [-0.2, 0) is 9.53 Å². The normalized spacial score (nSPS) is 29.0. The van der Waals surface area contributed by atoms with Crippen LogP contribution in [0, 0.1) is 0 Å². The predicted octanol–water partition coefficient (Wildman–Crippen LogP) is 0.310. The molecule has 2 unspecified atom stereocenters. The number of carbonyl (C=O) groups excluding carboxylic acids is 1. The Kier molecular flexibility index (Phi) is 2.52. The van der Waals surface area contributed by atoms with Gasteiger partial charge in [0.2, 0.25) is 0 Å². The summed E-state index contributed by atoms with van der Waals surface area (Å²) in [4.78, 5) is 15.6. The molecule has 4 heteroatoms. The molecule has 1 aliphatic rings. The second-order valence-corrected chi connectivity index (χ2v) is 3.24. The number of aliphatic hydroxyl groups is 1. The van der Waals surface area contributed by atoms with E-state index in [-0.39, 0.29) is 12.4 Å². The lowest BCUT2D eigenvalue weighted by atomic mass is 9.95. The second-order valence-electron chi connectivity index (χ2n) is 3.24. The molecule has 72 valence electrons. The molecule has 0 aromatic heterocycles. The third-order valence-electron chi connectivity index (χ3n) is 1.99. The minimum Gasteiger partial charge on any atom is -0.478 e. The van der Waals surface area contributed by atoms with Crippen molar-refractivity contribution in [3.63, 3.8) is 0 Å². The van der Waals surface area contributed by atoms with Crippen LogP contribution in [0.1, 0.15) is 13.8 Å². The number of hydrogen-bond acceptors (Lipinski definition) is 4. The topological polar surface area (TPSA) is 58.9 Å². The van der Waals surface area contributed by atoms with Crippen molar-refractivity contribution in [2.24, 2.45) is 4.99 Å². The average Bonchev–Trinajstić information content (AvgIpc) is 2.45. The van der Waals surface area contributed by atoms with Crippen molar-refractivity contribution in [3.05, 3.63) is 12.7 Å². The summed E-state index contributed by atoms with van der Waals surface area (Å²) in [5.41, 5.74) is -0.947. The van der Waals surface area contributed by atoms with Gasteiger partial charge < -0.3 is 9.84 Å². The number of aliphatic imine (C=N–C) groups is 1. The van der Waals surface area contributed by atoms with Crippen molar-refractivity contribution in [2.75, 3.05) is 6.61 Å². The highest BCUT2D eigenvalue weighted by Gasteiger charge is 2.40. The standard InChI is InChI=1S/C9H13NO3/c1-4-7(11)8(12)9(3)5-13-6(2)10-9/h4,7,11H,1,5H2,2-3H3. The molecule has 1 aliphatic heterocycles. The fraction of sp³-hybridized carbons (Fsp3) is 0.556. The van der Waals surface area contributed by atoms with Gasteiger partial charge in [-0.3, -0.25) is 4.79 Å². The first-order valence-corrected chi connectivity index (χ1v) is 4.04. The van der Waals surface area contributed by atoms with Gasteiger partial charge in [-0.25, -0.2) is 4.99 Å². The Bertz CT molecular complexity index is 272. The summed E-state index contributed by atoms with van der Waals surface area (Å²) in [7, 11) is 0. The van der Waals surface area contributed by atoms with Gasteiger partial charge in [0, 0.05) is 6.92 Å². The third-order valence-corrected chi connectivity index (χ3v) is 1.99. The lowest BCUT2D eigenvalue weighted by Gasteiger charge is -2.18. The van der Waals surface area contributed by atoms with Crippen LogP contribution in [0.5, 0.6) is 0 Å². The van der Waals surface area contributed by atoms with Gasteiger partial charge in [-0.05, 0) is 6.92 Å². The van der Waals surface area contributed by atoms with E-state index in [1.165, 1.54) is 6.08 Å². The van der Waals surface area contributed by atoms with E-state index < -0.39 is 11.6 Å². The Labute approximate surface area is 76.9 Å². The highest BCUT2D eigenvalue weighted by atomic mass is 16.5. The van der Waals surface area contributed by atoms with Crippen molar-refractivity contribution in [2.45, 2.75) is 25.5 Å². The number of nitrogens with zero attached hydrogens (tertiary/aromatic N) is 1. The van der Waals surface area contributed by atoms with Gasteiger partial charge in [0.25, 0.3) is 0 Å². The average molecular weight is 183 g/mol. The van der Waals surface area contributed by atoms with Crippen molar-refractivity contribution in [3.8, 4) is 0 Å². The highest BCUT2D eigenvalue weighted by molar-refractivity contribution is 5.96. The maximum absolute atomic E-state index is 11.5. The Morgan fingerprint density at radius 3 is 2.92 bits per heavy atom. The van der Waals surface area contributed by atoms with Crippen LogP contribution < -0.4 is 0 Å². The van der Waals surface area contributed by atoms with E-state index in [2.05, 4.69) is 11.6 Å². The number of ketones is 1. The molecule has 0 spiro atoms. The van der Waals surface area contributed by atoms with E-state index in [1.807, 2.05) is 0 Å². The molecular weight excluding hydrogens is 170 g/mol. The zero-order chi connectivity index (χ0) is 10.1. The first-order valence-electron chi connectivity index (χ1n) is 4.04. The van der Waals surface area contributed by atoms with Crippen LogP contribution in [0.15, 0.2) is 17.6 Å². The zero-order valence-electron chi connectivity index (χ0n) is 7.78. The first-order chi connectivity index (χ1) is 5.99. The molecule has 1 rings (SSSR count).